The number of ether oxygens (including phenoxy) is 1. The van der Waals surface area contributed by atoms with Crippen molar-refractivity contribution in [3.63, 3.8) is 0 Å². The van der Waals surface area contributed by atoms with Gasteiger partial charge >= 0.3 is 10.1 Å². The summed E-state index contributed by atoms with van der Waals surface area (Å²) >= 11 is 0. The van der Waals surface area contributed by atoms with Crippen molar-refractivity contribution in [1.29, 1.82) is 0 Å². The lowest BCUT2D eigenvalue weighted by Crippen LogP contribution is -2.18. The number of hydrogen-bond acceptors (Lipinski definition) is 6. The standard InChI is InChI=1S/C13H12N2O6S/c1-20-11-5-3-2-4-10(11)13(16)15-14-8-9-6-7-12(21-9)22(17,18)19/h2-8H,1H3,(H,15,16)(H,17,18,19)/b14-8-. The second kappa shape index (κ2) is 6.41. The molecular formula is C13H12N2O6S. The maximum atomic E-state index is 11.9. The van der Waals surface area contributed by atoms with Crippen LogP contribution in [0.4, 0.5) is 0 Å². The second-order valence-electron chi connectivity index (χ2n) is 4.03. The number of nitrogens with zero attached hydrogens (tertiary/aromatic N) is 1. The fourth-order valence-corrected chi connectivity index (χ4v) is 2.03. The molecule has 0 atom stereocenters. The van der Waals surface area contributed by atoms with E-state index in [0.29, 0.717) is 11.3 Å². The molecule has 22 heavy (non-hydrogen) atoms. The Kier molecular flexibility index (Phi) is 4.59. The van der Waals surface area contributed by atoms with Crippen molar-refractivity contribution in [3.8, 4) is 5.75 Å². The van der Waals surface area contributed by atoms with Gasteiger partial charge in [-0.15, -0.1) is 0 Å². The zero-order chi connectivity index (χ0) is 16.2. The van der Waals surface area contributed by atoms with Gasteiger partial charge in [0.25, 0.3) is 5.91 Å². The Bertz CT molecular complexity index is 809. The average Bonchev–Trinajstić information content (AvgIpc) is 2.96. The Hall–Kier alpha value is -2.65. The highest BCUT2D eigenvalue weighted by molar-refractivity contribution is 7.85. The van der Waals surface area contributed by atoms with Gasteiger partial charge in [0, 0.05) is 0 Å². The van der Waals surface area contributed by atoms with Crippen LogP contribution in [0.5, 0.6) is 5.75 Å². The Labute approximate surface area is 126 Å². The minimum absolute atomic E-state index is 0.0490. The number of amides is 1. The van der Waals surface area contributed by atoms with Crippen LogP contribution in [0, 0.1) is 0 Å². The fourth-order valence-electron chi connectivity index (χ4n) is 1.59. The maximum absolute atomic E-state index is 11.9. The molecule has 1 aromatic carbocycles. The molecule has 0 bridgehead atoms. The average molecular weight is 324 g/mol. The fraction of sp³-hybridized carbons (Fsp3) is 0.0769. The van der Waals surface area contributed by atoms with Crippen molar-refractivity contribution < 1.29 is 26.9 Å². The van der Waals surface area contributed by atoms with E-state index in [1.54, 1.807) is 24.3 Å². The molecule has 0 unspecified atom stereocenters. The van der Waals surface area contributed by atoms with E-state index >= 15 is 0 Å². The number of carbonyl (C=O) groups excluding carboxylic acids is 1. The minimum Gasteiger partial charge on any atom is -0.496 e. The lowest BCUT2D eigenvalue weighted by Gasteiger charge is -2.05. The van der Waals surface area contributed by atoms with E-state index in [9.17, 15) is 13.2 Å². The van der Waals surface area contributed by atoms with Crippen LogP contribution in [-0.2, 0) is 10.1 Å². The summed E-state index contributed by atoms with van der Waals surface area (Å²) in [7, 11) is -2.97. The number of rotatable bonds is 5. The topological polar surface area (TPSA) is 118 Å². The molecule has 0 saturated carbocycles. The summed E-state index contributed by atoms with van der Waals surface area (Å²) in [4.78, 5) is 11.9. The predicted octanol–water partition coefficient (Wildman–Crippen LogP) is 1.30. The minimum atomic E-state index is -4.41. The molecule has 116 valence electrons. The predicted molar refractivity (Wildman–Crippen MR) is 76.6 cm³/mol. The molecule has 2 rings (SSSR count). The quantitative estimate of drug-likeness (QED) is 0.486. The summed E-state index contributed by atoms with van der Waals surface area (Å²) in [6.45, 7) is 0. The first kappa shape index (κ1) is 15.7. The van der Waals surface area contributed by atoms with E-state index in [-0.39, 0.29) is 5.76 Å². The van der Waals surface area contributed by atoms with Crippen LogP contribution in [0.2, 0.25) is 0 Å². The smallest absolute Gasteiger partial charge is 0.328 e. The Morgan fingerprint density at radius 2 is 2.05 bits per heavy atom. The Balaban J connectivity index is 2.06. The zero-order valence-electron chi connectivity index (χ0n) is 11.4. The molecule has 0 radical (unpaired) electrons. The summed E-state index contributed by atoms with van der Waals surface area (Å²) in [5.74, 6) is -0.0648. The summed E-state index contributed by atoms with van der Waals surface area (Å²) < 4.78 is 40.3. The number of hydrogen-bond donors (Lipinski definition) is 2. The van der Waals surface area contributed by atoms with E-state index in [1.807, 2.05) is 0 Å². The molecule has 0 saturated heterocycles. The highest BCUT2D eigenvalue weighted by Gasteiger charge is 2.14. The molecule has 0 fully saturated rings. The van der Waals surface area contributed by atoms with Gasteiger partial charge in [0.1, 0.15) is 11.5 Å². The summed E-state index contributed by atoms with van der Waals surface area (Å²) in [6.07, 6.45) is 1.10. The van der Waals surface area contributed by atoms with Crippen LogP contribution in [0.15, 0.2) is 51.0 Å². The van der Waals surface area contributed by atoms with E-state index in [1.165, 1.54) is 13.2 Å². The van der Waals surface area contributed by atoms with E-state index < -0.39 is 21.1 Å². The molecule has 9 heteroatoms. The zero-order valence-corrected chi connectivity index (χ0v) is 12.2. The van der Waals surface area contributed by atoms with Crippen molar-refractivity contribution in [3.05, 3.63) is 47.7 Å². The molecule has 1 amide bonds. The van der Waals surface area contributed by atoms with Gasteiger partial charge in [0.2, 0.25) is 5.09 Å². The third kappa shape index (κ3) is 3.71. The van der Waals surface area contributed by atoms with Crippen molar-refractivity contribution >= 4 is 22.2 Å². The van der Waals surface area contributed by atoms with Crippen LogP contribution in [0.1, 0.15) is 16.1 Å². The van der Waals surface area contributed by atoms with Gasteiger partial charge in [0.15, 0.2) is 0 Å². The van der Waals surface area contributed by atoms with E-state index in [2.05, 4.69) is 10.5 Å². The van der Waals surface area contributed by atoms with E-state index in [0.717, 1.165) is 12.3 Å². The number of carbonyl (C=O) groups is 1. The molecule has 1 aromatic heterocycles. The largest absolute Gasteiger partial charge is 0.496 e. The lowest BCUT2D eigenvalue weighted by molar-refractivity contribution is 0.0952. The number of furan rings is 1. The number of hydrazone groups is 1. The van der Waals surface area contributed by atoms with Gasteiger partial charge in [0.05, 0.1) is 18.9 Å². The van der Waals surface area contributed by atoms with Gasteiger partial charge in [-0.05, 0) is 24.3 Å². The molecular weight excluding hydrogens is 312 g/mol. The SMILES string of the molecule is COc1ccccc1C(=O)N/N=C\c1ccc(S(=O)(=O)O)o1. The first-order valence-electron chi connectivity index (χ1n) is 5.95. The van der Waals surface area contributed by atoms with Crippen LogP contribution in [0.3, 0.4) is 0 Å². The highest BCUT2D eigenvalue weighted by atomic mass is 32.2. The van der Waals surface area contributed by atoms with Gasteiger partial charge in [-0.3, -0.25) is 9.35 Å². The van der Waals surface area contributed by atoms with Crippen LogP contribution < -0.4 is 10.2 Å². The molecule has 8 nitrogen and oxygen atoms in total. The third-order valence-electron chi connectivity index (χ3n) is 2.57. The molecule has 2 N–H and O–H groups in total. The number of benzene rings is 1. The van der Waals surface area contributed by atoms with Crippen molar-refractivity contribution in [2.24, 2.45) is 5.10 Å². The third-order valence-corrected chi connectivity index (χ3v) is 3.29. The molecule has 1 heterocycles. The first-order chi connectivity index (χ1) is 10.4. The number of nitrogens with one attached hydrogen (secondary N) is 1. The normalized spacial score (nSPS) is 11.5. The Morgan fingerprint density at radius 3 is 2.68 bits per heavy atom. The highest BCUT2D eigenvalue weighted by Crippen LogP contribution is 2.16. The van der Waals surface area contributed by atoms with Gasteiger partial charge in [-0.1, -0.05) is 12.1 Å². The van der Waals surface area contributed by atoms with Crippen molar-refractivity contribution in [2.45, 2.75) is 5.09 Å². The lowest BCUT2D eigenvalue weighted by atomic mass is 10.2. The van der Waals surface area contributed by atoms with Crippen LogP contribution in [0.25, 0.3) is 0 Å². The first-order valence-corrected chi connectivity index (χ1v) is 7.39. The van der Waals surface area contributed by atoms with Crippen molar-refractivity contribution in [2.75, 3.05) is 7.11 Å². The van der Waals surface area contributed by atoms with Crippen LogP contribution in [-0.4, -0.2) is 32.2 Å². The number of methoxy groups -OCH3 is 1. The maximum Gasteiger partial charge on any atom is 0.328 e. The van der Waals surface area contributed by atoms with Gasteiger partial charge in [-0.2, -0.15) is 13.5 Å². The van der Waals surface area contributed by atoms with E-state index in [4.69, 9.17) is 13.7 Å². The monoisotopic (exact) mass is 324 g/mol. The summed E-state index contributed by atoms with van der Waals surface area (Å²) in [5.41, 5.74) is 2.54. The van der Waals surface area contributed by atoms with Gasteiger partial charge in [-0.25, -0.2) is 5.43 Å². The second-order valence-corrected chi connectivity index (χ2v) is 5.38. The molecule has 0 aliphatic heterocycles. The van der Waals surface area contributed by atoms with Crippen LogP contribution >= 0.6 is 0 Å². The molecule has 2 aromatic rings. The van der Waals surface area contributed by atoms with Gasteiger partial charge < -0.3 is 9.15 Å². The molecule has 0 aliphatic rings. The summed E-state index contributed by atoms with van der Waals surface area (Å²) in [5, 5.41) is 3.03. The van der Waals surface area contributed by atoms with Crippen molar-refractivity contribution in [1.82, 2.24) is 5.43 Å². The summed E-state index contributed by atoms with van der Waals surface area (Å²) in [6, 6.07) is 8.93. The number of para-hydroxylation sites is 1. The molecule has 0 aliphatic carbocycles. The Morgan fingerprint density at radius 1 is 1.32 bits per heavy atom. The molecule has 0 spiro atoms.